The number of hydrogen-bond acceptors (Lipinski definition) is 5. The Morgan fingerprint density at radius 2 is 1.86 bits per heavy atom. The summed E-state index contributed by atoms with van der Waals surface area (Å²) in [6.45, 7) is 2.40. The first-order chi connectivity index (χ1) is 13.5. The quantitative estimate of drug-likeness (QED) is 0.515. The number of amides is 2. The number of aromatic nitrogens is 1. The van der Waals surface area contributed by atoms with E-state index < -0.39 is 0 Å². The van der Waals surface area contributed by atoms with E-state index in [4.69, 9.17) is 9.47 Å². The predicted octanol–water partition coefficient (Wildman–Crippen LogP) is 5.65. The molecule has 0 aliphatic heterocycles. The number of halogens is 1. The molecular weight excluding hydrogens is 442 g/mol. The van der Waals surface area contributed by atoms with Gasteiger partial charge in [0.15, 0.2) is 16.6 Å². The summed E-state index contributed by atoms with van der Waals surface area (Å²) in [5, 5.41) is 5.47. The van der Waals surface area contributed by atoms with Gasteiger partial charge in [-0.1, -0.05) is 28.1 Å². The third-order valence-electron chi connectivity index (χ3n) is 4.06. The van der Waals surface area contributed by atoms with Gasteiger partial charge in [-0.2, -0.15) is 0 Å². The first kappa shape index (κ1) is 20.2. The SMILES string of the molecule is CCN(C(=O)Nc1ccc(OC)c(OC)c1)c1nc(-c2ccc(Br)cc2)cs1. The number of urea groups is 1. The van der Waals surface area contributed by atoms with Crippen LogP contribution in [0.1, 0.15) is 6.92 Å². The van der Waals surface area contributed by atoms with Crippen LogP contribution in [0.5, 0.6) is 11.5 Å². The fourth-order valence-electron chi connectivity index (χ4n) is 2.61. The lowest BCUT2D eigenvalue weighted by Gasteiger charge is -2.19. The van der Waals surface area contributed by atoms with E-state index in [1.807, 2.05) is 36.6 Å². The van der Waals surface area contributed by atoms with Crippen molar-refractivity contribution < 1.29 is 14.3 Å². The van der Waals surface area contributed by atoms with E-state index in [1.165, 1.54) is 11.3 Å². The summed E-state index contributed by atoms with van der Waals surface area (Å²) < 4.78 is 11.5. The van der Waals surface area contributed by atoms with Crippen LogP contribution in [0.15, 0.2) is 52.3 Å². The van der Waals surface area contributed by atoms with Crippen LogP contribution in [0.2, 0.25) is 0 Å². The van der Waals surface area contributed by atoms with E-state index in [9.17, 15) is 4.79 Å². The second-order valence-corrected chi connectivity index (χ2v) is 7.52. The zero-order valence-corrected chi connectivity index (χ0v) is 18.1. The van der Waals surface area contributed by atoms with Gasteiger partial charge in [0.05, 0.1) is 19.9 Å². The molecule has 1 N–H and O–H groups in total. The molecule has 8 heteroatoms. The Morgan fingerprint density at radius 3 is 2.50 bits per heavy atom. The topological polar surface area (TPSA) is 63.7 Å². The lowest BCUT2D eigenvalue weighted by Crippen LogP contribution is -2.34. The summed E-state index contributed by atoms with van der Waals surface area (Å²) in [5.41, 5.74) is 2.46. The normalized spacial score (nSPS) is 10.4. The first-order valence-corrected chi connectivity index (χ1v) is 10.2. The Balaban J connectivity index is 1.78. The van der Waals surface area contributed by atoms with Gasteiger partial charge in [0.2, 0.25) is 0 Å². The van der Waals surface area contributed by atoms with E-state index in [1.54, 1.807) is 37.3 Å². The molecule has 28 heavy (non-hydrogen) atoms. The average molecular weight is 462 g/mol. The number of hydrogen-bond donors (Lipinski definition) is 1. The van der Waals surface area contributed by atoms with Crippen LogP contribution in [0.3, 0.4) is 0 Å². The summed E-state index contributed by atoms with van der Waals surface area (Å²) in [6.07, 6.45) is 0. The van der Waals surface area contributed by atoms with Crippen molar-refractivity contribution in [2.45, 2.75) is 6.92 Å². The van der Waals surface area contributed by atoms with Gasteiger partial charge >= 0.3 is 6.03 Å². The molecule has 0 radical (unpaired) electrons. The number of nitrogens with zero attached hydrogens (tertiary/aromatic N) is 2. The van der Waals surface area contributed by atoms with Gasteiger partial charge in [-0.25, -0.2) is 9.78 Å². The lowest BCUT2D eigenvalue weighted by atomic mass is 10.2. The van der Waals surface area contributed by atoms with Crippen molar-refractivity contribution in [1.29, 1.82) is 0 Å². The van der Waals surface area contributed by atoms with Crippen LogP contribution >= 0.6 is 27.3 Å². The molecule has 1 aromatic heterocycles. The number of anilines is 2. The zero-order valence-electron chi connectivity index (χ0n) is 15.7. The van der Waals surface area contributed by atoms with Gasteiger partial charge in [-0.15, -0.1) is 11.3 Å². The third-order valence-corrected chi connectivity index (χ3v) is 5.45. The molecule has 1 heterocycles. The van der Waals surface area contributed by atoms with Crippen molar-refractivity contribution in [1.82, 2.24) is 4.98 Å². The van der Waals surface area contributed by atoms with E-state index >= 15 is 0 Å². The van der Waals surface area contributed by atoms with Crippen molar-refractivity contribution in [2.24, 2.45) is 0 Å². The van der Waals surface area contributed by atoms with Crippen LogP contribution in [-0.2, 0) is 0 Å². The van der Waals surface area contributed by atoms with Crippen molar-refractivity contribution in [2.75, 3.05) is 31.0 Å². The second kappa shape index (κ2) is 9.07. The number of methoxy groups -OCH3 is 2. The molecule has 0 unspecified atom stereocenters. The number of carbonyl (C=O) groups excluding carboxylic acids is 1. The Labute approximate surface area is 176 Å². The number of thiazole rings is 1. The van der Waals surface area contributed by atoms with Crippen LogP contribution in [0.25, 0.3) is 11.3 Å². The number of nitrogens with one attached hydrogen (secondary N) is 1. The fraction of sp³-hybridized carbons (Fsp3) is 0.200. The van der Waals surface area contributed by atoms with Gasteiger partial charge in [0.1, 0.15) is 0 Å². The van der Waals surface area contributed by atoms with Crippen molar-refractivity contribution >= 4 is 44.1 Å². The van der Waals surface area contributed by atoms with Gasteiger partial charge in [0, 0.05) is 33.7 Å². The minimum Gasteiger partial charge on any atom is -0.493 e. The van der Waals surface area contributed by atoms with E-state index in [2.05, 4.69) is 26.2 Å². The summed E-state index contributed by atoms with van der Waals surface area (Å²) in [7, 11) is 3.13. The molecule has 0 saturated carbocycles. The monoisotopic (exact) mass is 461 g/mol. The van der Waals surface area contributed by atoms with Crippen molar-refractivity contribution in [3.05, 3.63) is 52.3 Å². The molecule has 0 aliphatic rings. The maximum atomic E-state index is 12.8. The minimum absolute atomic E-state index is 0.258. The molecule has 0 bridgehead atoms. The number of rotatable bonds is 6. The zero-order chi connectivity index (χ0) is 20.1. The molecule has 0 spiro atoms. The van der Waals surface area contributed by atoms with Crippen LogP contribution in [0, 0.1) is 0 Å². The molecule has 0 saturated heterocycles. The molecular formula is C20H20BrN3O3S. The van der Waals surface area contributed by atoms with Gasteiger partial charge < -0.3 is 14.8 Å². The summed E-state index contributed by atoms with van der Waals surface area (Å²) in [6, 6.07) is 12.9. The van der Waals surface area contributed by atoms with Gasteiger partial charge in [-0.05, 0) is 31.2 Å². The van der Waals surface area contributed by atoms with Gasteiger partial charge in [0.25, 0.3) is 0 Å². The molecule has 2 aromatic carbocycles. The second-order valence-electron chi connectivity index (χ2n) is 5.77. The van der Waals surface area contributed by atoms with E-state index in [0.29, 0.717) is 28.9 Å². The molecule has 0 atom stereocenters. The number of benzene rings is 2. The Kier molecular flexibility index (Phi) is 6.53. The molecule has 0 fully saturated rings. The number of ether oxygens (including phenoxy) is 2. The highest BCUT2D eigenvalue weighted by Crippen LogP contribution is 2.31. The van der Waals surface area contributed by atoms with E-state index in [0.717, 1.165) is 15.7 Å². The lowest BCUT2D eigenvalue weighted by molar-refractivity contribution is 0.257. The molecule has 0 aliphatic carbocycles. The average Bonchev–Trinajstić information content (AvgIpc) is 3.18. The van der Waals surface area contributed by atoms with Crippen molar-refractivity contribution in [3.8, 4) is 22.8 Å². The highest BCUT2D eigenvalue weighted by molar-refractivity contribution is 9.10. The van der Waals surface area contributed by atoms with Gasteiger partial charge in [-0.3, -0.25) is 4.90 Å². The third kappa shape index (κ3) is 4.45. The highest BCUT2D eigenvalue weighted by atomic mass is 79.9. The standard InChI is InChI=1S/C20H20BrN3O3S/c1-4-24(19(25)22-15-9-10-17(26-2)18(11-15)27-3)20-23-16(12-28-20)13-5-7-14(21)8-6-13/h5-12H,4H2,1-3H3,(H,22,25). The largest absolute Gasteiger partial charge is 0.493 e. The summed E-state index contributed by atoms with van der Waals surface area (Å²) in [5.74, 6) is 1.15. The molecule has 3 aromatic rings. The Morgan fingerprint density at radius 1 is 1.14 bits per heavy atom. The Hall–Kier alpha value is -2.58. The molecule has 2 amide bonds. The fourth-order valence-corrected chi connectivity index (χ4v) is 3.77. The smallest absolute Gasteiger partial charge is 0.328 e. The van der Waals surface area contributed by atoms with Crippen molar-refractivity contribution in [3.63, 3.8) is 0 Å². The summed E-state index contributed by atoms with van der Waals surface area (Å²) in [4.78, 5) is 19.0. The molecule has 6 nitrogen and oxygen atoms in total. The maximum Gasteiger partial charge on any atom is 0.328 e. The Bertz CT molecular complexity index is 960. The summed E-state index contributed by atoms with van der Waals surface area (Å²) >= 11 is 4.86. The minimum atomic E-state index is -0.258. The highest BCUT2D eigenvalue weighted by Gasteiger charge is 2.18. The predicted molar refractivity (Wildman–Crippen MR) is 117 cm³/mol. The van der Waals surface area contributed by atoms with Crippen LogP contribution < -0.4 is 19.7 Å². The molecule has 146 valence electrons. The van der Waals surface area contributed by atoms with Crippen LogP contribution in [0.4, 0.5) is 15.6 Å². The number of carbonyl (C=O) groups is 1. The van der Waals surface area contributed by atoms with E-state index in [-0.39, 0.29) is 6.03 Å². The maximum absolute atomic E-state index is 12.8. The van der Waals surface area contributed by atoms with Crippen LogP contribution in [-0.4, -0.2) is 31.8 Å². The first-order valence-electron chi connectivity index (χ1n) is 8.57. The molecule has 3 rings (SSSR count).